The van der Waals surface area contributed by atoms with Crippen molar-refractivity contribution in [3.05, 3.63) is 47.5 Å². The highest BCUT2D eigenvalue weighted by Gasteiger charge is 2.26. The lowest BCUT2D eigenvalue weighted by Gasteiger charge is -2.14. The molecule has 0 unspecified atom stereocenters. The van der Waals surface area contributed by atoms with E-state index in [-0.39, 0.29) is 17.1 Å². The van der Waals surface area contributed by atoms with Crippen molar-refractivity contribution >= 4 is 23.3 Å². The summed E-state index contributed by atoms with van der Waals surface area (Å²) in [5.41, 5.74) is 9.68. The second-order valence-corrected chi connectivity index (χ2v) is 4.15. The number of aromatic carboxylic acids is 2. The molecule has 0 aliphatic rings. The molecule has 108 valence electrons. The molecule has 0 spiro atoms. The molecule has 0 aliphatic carbocycles. The first-order valence-electron chi connectivity index (χ1n) is 5.83. The van der Waals surface area contributed by atoms with Gasteiger partial charge in [0, 0.05) is 6.07 Å². The quantitative estimate of drug-likeness (QED) is 0.632. The van der Waals surface area contributed by atoms with Gasteiger partial charge in [0.1, 0.15) is 22.6 Å². The van der Waals surface area contributed by atoms with E-state index in [0.717, 1.165) is 0 Å². The van der Waals surface area contributed by atoms with Crippen LogP contribution in [0.3, 0.4) is 0 Å². The predicted molar refractivity (Wildman–Crippen MR) is 75.7 cm³/mol. The van der Waals surface area contributed by atoms with Crippen LogP contribution in [0.2, 0.25) is 0 Å². The summed E-state index contributed by atoms with van der Waals surface area (Å²) < 4.78 is 5.42. The van der Waals surface area contributed by atoms with E-state index >= 15 is 0 Å². The highest BCUT2D eigenvalue weighted by Crippen LogP contribution is 2.35. The van der Waals surface area contributed by atoms with Crippen molar-refractivity contribution in [3.63, 3.8) is 0 Å². The molecule has 0 bridgehead atoms. The number of ether oxygens (including phenoxy) is 1. The maximum atomic E-state index is 11.4. The van der Waals surface area contributed by atoms with Crippen LogP contribution >= 0.6 is 0 Å². The average molecular weight is 288 g/mol. The minimum atomic E-state index is -1.49. The fourth-order valence-electron chi connectivity index (χ4n) is 1.82. The number of hydrogen-bond acceptors (Lipinski definition) is 5. The van der Waals surface area contributed by atoms with Crippen LogP contribution in [0.15, 0.2) is 36.4 Å². The molecule has 0 saturated carbocycles. The summed E-state index contributed by atoms with van der Waals surface area (Å²) in [6, 6.07) is 9.52. The molecular formula is C14H12N2O5. The first kappa shape index (κ1) is 14.2. The van der Waals surface area contributed by atoms with E-state index in [0.29, 0.717) is 5.75 Å². The molecule has 2 rings (SSSR count). The van der Waals surface area contributed by atoms with Crippen LogP contribution in [0.1, 0.15) is 20.7 Å². The second kappa shape index (κ2) is 5.41. The maximum Gasteiger partial charge on any atom is 0.340 e. The maximum absolute atomic E-state index is 11.4. The molecule has 0 aromatic heterocycles. The summed E-state index contributed by atoms with van der Waals surface area (Å²) in [5, 5.41) is 18.4. The number of anilines is 2. The molecular weight excluding hydrogens is 276 g/mol. The highest BCUT2D eigenvalue weighted by molar-refractivity contribution is 6.09. The largest absolute Gasteiger partial charge is 0.478 e. The summed E-state index contributed by atoms with van der Waals surface area (Å²) in [6.45, 7) is 0. The lowest BCUT2D eigenvalue weighted by atomic mass is 10.0. The van der Waals surface area contributed by atoms with Gasteiger partial charge >= 0.3 is 11.9 Å². The van der Waals surface area contributed by atoms with Crippen LogP contribution in [-0.2, 0) is 0 Å². The Morgan fingerprint density at radius 1 is 0.952 bits per heavy atom. The normalized spacial score (nSPS) is 10.1. The Kier molecular flexibility index (Phi) is 3.66. The Labute approximate surface area is 119 Å². The minimum Gasteiger partial charge on any atom is -0.478 e. The third-order valence-corrected chi connectivity index (χ3v) is 2.76. The van der Waals surface area contributed by atoms with Gasteiger partial charge in [0.25, 0.3) is 0 Å². The Morgan fingerprint density at radius 2 is 1.52 bits per heavy atom. The van der Waals surface area contributed by atoms with Crippen LogP contribution in [0.5, 0.6) is 11.5 Å². The third kappa shape index (κ3) is 2.71. The summed E-state index contributed by atoms with van der Waals surface area (Å²) >= 11 is 0. The number of carbonyl (C=O) groups is 2. The van der Waals surface area contributed by atoms with Gasteiger partial charge in [-0.05, 0) is 12.1 Å². The molecule has 0 atom stereocenters. The SMILES string of the molecule is Nc1cc(Oc2ccccc2)c(C(=O)O)c(C(=O)O)c1N. The molecule has 0 radical (unpaired) electrons. The van der Waals surface area contributed by atoms with E-state index in [9.17, 15) is 14.7 Å². The second-order valence-electron chi connectivity index (χ2n) is 4.15. The summed E-state index contributed by atoms with van der Waals surface area (Å²) in [6.07, 6.45) is 0. The van der Waals surface area contributed by atoms with E-state index in [4.69, 9.17) is 21.3 Å². The van der Waals surface area contributed by atoms with Gasteiger partial charge in [0.2, 0.25) is 0 Å². The molecule has 2 aromatic carbocycles. The van der Waals surface area contributed by atoms with Gasteiger partial charge in [0.05, 0.1) is 11.4 Å². The average Bonchev–Trinajstić information content (AvgIpc) is 2.42. The van der Waals surface area contributed by atoms with Crippen LogP contribution in [0.4, 0.5) is 11.4 Å². The van der Waals surface area contributed by atoms with Gasteiger partial charge in [-0.25, -0.2) is 9.59 Å². The Balaban J connectivity index is 2.65. The molecule has 6 N–H and O–H groups in total. The van der Waals surface area contributed by atoms with Crippen molar-refractivity contribution in [1.29, 1.82) is 0 Å². The number of carboxylic acid groups (broad SMARTS) is 2. The number of para-hydroxylation sites is 1. The lowest BCUT2D eigenvalue weighted by molar-refractivity contribution is 0.0650. The molecule has 0 heterocycles. The molecule has 2 aromatic rings. The summed E-state index contributed by atoms with van der Waals surface area (Å²) in [4.78, 5) is 22.6. The van der Waals surface area contributed by atoms with Crippen LogP contribution in [0, 0.1) is 0 Å². The van der Waals surface area contributed by atoms with Crippen molar-refractivity contribution in [1.82, 2.24) is 0 Å². The van der Waals surface area contributed by atoms with Gasteiger partial charge in [-0.1, -0.05) is 18.2 Å². The Morgan fingerprint density at radius 3 is 2.05 bits per heavy atom. The Bertz CT molecular complexity index is 713. The minimum absolute atomic E-state index is 0.0664. The standard InChI is InChI=1S/C14H12N2O5/c15-8-6-9(21-7-4-2-1-3-5-7)10(13(17)18)11(12(8)16)14(19)20/h1-6H,15-16H2,(H,17,18)(H,19,20). The topological polar surface area (TPSA) is 136 Å². The van der Waals surface area contributed by atoms with Crippen molar-refractivity contribution in [2.45, 2.75) is 0 Å². The van der Waals surface area contributed by atoms with Gasteiger partial charge in [-0.15, -0.1) is 0 Å². The van der Waals surface area contributed by atoms with Crippen molar-refractivity contribution < 1.29 is 24.5 Å². The zero-order valence-corrected chi connectivity index (χ0v) is 10.7. The number of nitrogen functional groups attached to an aromatic ring is 2. The molecule has 0 fully saturated rings. The van der Waals surface area contributed by atoms with E-state index in [1.807, 2.05) is 0 Å². The van der Waals surface area contributed by atoms with Crippen LogP contribution < -0.4 is 16.2 Å². The van der Waals surface area contributed by atoms with E-state index in [2.05, 4.69) is 0 Å². The van der Waals surface area contributed by atoms with E-state index in [1.54, 1.807) is 30.3 Å². The van der Waals surface area contributed by atoms with Gasteiger partial charge in [-0.3, -0.25) is 0 Å². The third-order valence-electron chi connectivity index (χ3n) is 2.76. The summed E-state index contributed by atoms with van der Waals surface area (Å²) in [7, 11) is 0. The van der Waals surface area contributed by atoms with Crippen LogP contribution in [0.25, 0.3) is 0 Å². The van der Waals surface area contributed by atoms with Gasteiger partial charge in [0.15, 0.2) is 0 Å². The number of rotatable bonds is 4. The first-order valence-corrected chi connectivity index (χ1v) is 5.83. The lowest BCUT2D eigenvalue weighted by Crippen LogP contribution is -2.14. The van der Waals surface area contributed by atoms with Crippen molar-refractivity contribution in [2.75, 3.05) is 11.5 Å². The predicted octanol–water partition coefficient (Wildman–Crippen LogP) is 2.04. The zero-order valence-electron chi connectivity index (χ0n) is 10.7. The molecule has 21 heavy (non-hydrogen) atoms. The van der Waals surface area contributed by atoms with Gasteiger partial charge < -0.3 is 26.4 Å². The Hall–Kier alpha value is -3.22. The number of hydrogen-bond donors (Lipinski definition) is 4. The fraction of sp³-hybridized carbons (Fsp3) is 0. The number of nitrogens with two attached hydrogens (primary N) is 2. The van der Waals surface area contributed by atoms with Crippen molar-refractivity contribution in [2.24, 2.45) is 0 Å². The highest BCUT2D eigenvalue weighted by atomic mass is 16.5. The molecule has 7 nitrogen and oxygen atoms in total. The number of benzene rings is 2. The van der Waals surface area contributed by atoms with E-state index in [1.165, 1.54) is 6.07 Å². The first-order chi connectivity index (χ1) is 9.91. The number of carboxylic acids is 2. The summed E-state index contributed by atoms with van der Waals surface area (Å²) in [5.74, 6) is -2.79. The van der Waals surface area contributed by atoms with Crippen LogP contribution in [-0.4, -0.2) is 22.2 Å². The van der Waals surface area contributed by atoms with E-state index < -0.39 is 23.1 Å². The van der Waals surface area contributed by atoms with Crippen molar-refractivity contribution in [3.8, 4) is 11.5 Å². The monoisotopic (exact) mass is 288 g/mol. The zero-order chi connectivity index (χ0) is 15.6. The smallest absolute Gasteiger partial charge is 0.340 e. The molecule has 0 saturated heterocycles. The fourth-order valence-corrected chi connectivity index (χ4v) is 1.82. The molecule has 0 aliphatic heterocycles. The van der Waals surface area contributed by atoms with Gasteiger partial charge in [-0.2, -0.15) is 0 Å². The molecule has 0 amide bonds. The molecule has 7 heteroatoms.